The summed E-state index contributed by atoms with van der Waals surface area (Å²) < 4.78 is 6.84. The van der Waals surface area contributed by atoms with Gasteiger partial charge in [0.15, 0.2) is 5.78 Å². The number of fused-ring (bicyclic) bond motifs is 4. The van der Waals surface area contributed by atoms with E-state index in [9.17, 15) is 9.59 Å². The third-order valence-corrected chi connectivity index (χ3v) is 6.08. The Morgan fingerprint density at radius 3 is 2.48 bits per heavy atom. The van der Waals surface area contributed by atoms with Crippen LogP contribution in [0.15, 0.2) is 89.7 Å². The lowest BCUT2D eigenvalue weighted by atomic mass is 9.95. The van der Waals surface area contributed by atoms with Gasteiger partial charge in [-0.2, -0.15) is 0 Å². The van der Waals surface area contributed by atoms with E-state index in [1.54, 1.807) is 35.8 Å². The normalized spacial score (nSPS) is 11.9. The molecule has 158 valence electrons. The summed E-state index contributed by atoms with van der Waals surface area (Å²) in [6, 6.07) is 24.3. The Kier molecular flexibility index (Phi) is 4.23. The monoisotopic (exact) mass is 430 g/mol. The van der Waals surface area contributed by atoms with Crippen molar-refractivity contribution in [3.05, 3.63) is 106 Å². The summed E-state index contributed by atoms with van der Waals surface area (Å²) in [7, 11) is 1.62. The van der Waals surface area contributed by atoms with Gasteiger partial charge in [-0.15, -0.1) is 0 Å². The second kappa shape index (κ2) is 7.28. The molecule has 0 saturated carbocycles. The first-order valence-electron chi connectivity index (χ1n) is 10.6. The molecule has 4 aromatic carbocycles. The van der Waals surface area contributed by atoms with Crippen molar-refractivity contribution in [2.45, 2.75) is 0 Å². The van der Waals surface area contributed by atoms with E-state index >= 15 is 0 Å². The molecule has 0 radical (unpaired) electrons. The number of para-hydroxylation sites is 2. The van der Waals surface area contributed by atoms with E-state index in [0.29, 0.717) is 16.6 Å². The summed E-state index contributed by atoms with van der Waals surface area (Å²) in [6.07, 6.45) is 3.34. The number of hydrogen-bond acceptors (Lipinski definition) is 4. The van der Waals surface area contributed by atoms with Gasteiger partial charge in [0, 0.05) is 21.7 Å². The topological polar surface area (TPSA) is 60.7 Å². The van der Waals surface area contributed by atoms with Crippen LogP contribution in [0.25, 0.3) is 44.3 Å². The number of ether oxygens (including phenoxy) is 1. The molecule has 0 spiro atoms. The van der Waals surface area contributed by atoms with Gasteiger partial charge in [-0.3, -0.25) is 14.0 Å². The standard InChI is InChI=1S/C28H18N2O3/c1-33-18-12-9-17(10-13-18)11-16-25(31)19-14-15-22-26-20(19)5-4-6-21(26)27-29-23-7-2-3-8-24(23)30(27)28(22)32/h2-16H,1H3. The van der Waals surface area contributed by atoms with Gasteiger partial charge in [0.25, 0.3) is 5.56 Å². The molecule has 0 saturated heterocycles. The number of carbonyl (C=O) groups is 1. The van der Waals surface area contributed by atoms with Crippen LogP contribution in [0.3, 0.4) is 0 Å². The molecule has 2 aromatic heterocycles. The predicted molar refractivity (Wildman–Crippen MR) is 132 cm³/mol. The van der Waals surface area contributed by atoms with Crippen molar-refractivity contribution < 1.29 is 9.53 Å². The quantitative estimate of drug-likeness (QED) is 0.274. The molecule has 6 rings (SSSR count). The van der Waals surface area contributed by atoms with Crippen LogP contribution >= 0.6 is 0 Å². The highest BCUT2D eigenvalue weighted by Crippen LogP contribution is 2.31. The number of rotatable bonds is 4. The first-order chi connectivity index (χ1) is 16.2. The zero-order valence-corrected chi connectivity index (χ0v) is 17.8. The minimum absolute atomic E-state index is 0.124. The van der Waals surface area contributed by atoms with Crippen LogP contribution in [0.2, 0.25) is 0 Å². The first-order valence-corrected chi connectivity index (χ1v) is 10.6. The largest absolute Gasteiger partial charge is 0.497 e. The number of aromatic nitrogens is 2. The van der Waals surface area contributed by atoms with Gasteiger partial charge in [-0.05, 0) is 53.4 Å². The molecule has 0 fully saturated rings. The maximum Gasteiger partial charge on any atom is 0.264 e. The van der Waals surface area contributed by atoms with Gasteiger partial charge in [0.1, 0.15) is 11.4 Å². The van der Waals surface area contributed by atoms with Gasteiger partial charge < -0.3 is 4.74 Å². The Balaban J connectivity index is 1.55. The van der Waals surface area contributed by atoms with E-state index < -0.39 is 0 Å². The predicted octanol–water partition coefficient (Wildman–Crippen LogP) is 5.50. The summed E-state index contributed by atoms with van der Waals surface area (Å²) in [6.45, 7) is 0. The minimum Gasteiger partial charge on any atom is -0.497 e. The molecule has 0 aliphatic carbocycles. The summed E-state index contributed by atoms with van der Waals surface area (Å²) in [5.41, 5.74) is 3.48. The number of methoxy groups -OCH3 is 1. The van der Waals surface area contributed by atoms with Crippen LogP contribution in [-0.2, 0) is 0 Å². The van der Waals surface area contributed by atoms with Gasteiger partial charge in [0.05, 0.1) is 18.1 Å². The van der Waals surface area contributed by atoms with E-state index in [4.69, 9.17) is 9.72 Å². The van der Waals surface area contributed by atoms with Gasteiger partial charge in [-0.1, -0.05) is 48.5 Å². The van der Waals surface area contributed by atoms with Crippen LogP contribution in [0.1, 0.15) is 15.9 Å². The van der Waals surface area contributed by atoms with Crippen LogP contribution in [-0.4, -0.2) is 22.3 Å². The fourth-order valence-corrected chi connectivity index (χ4v) is 4.50. The molecule has 6 aromatic rings. The smallest absolute Gasteiger partial charge is 0.264 e. The molecular weight excluding hydrogens is 412 g/mol. The van der Waals surface area contributed by atoms with Gasteiger partial charge in [-0.25, -0.2) is 4.98 Å². The van der Waals surface area contributed by atoms with Crippen LogP contribution in [0.4, 0.5) is 0 Å². The Hall–Kier alpha value is -4.51. The van der Waals surface area contributed by atoms with Gasteiger partial charge >= 0.3 is 0 Å². The number of ketones is 1. The molecule has 2 heterocycles. The molecule has 0 unspecified atom stereocenters. The fourth-order valence-electron chi connectivity index (χ4n) is 4.50. The Morgan fingerprint density at radius 2 is 1.67 bits per heavy atom. The SMILES string of the molecule is COc1ccc(C=CC(=O)c2ccc3c(=O)n4c5ccccc5nc4c4cccc2c34)cc1. The van der Waals surface area contributed by atoms with E-state index in [2.05, 4.69) is 0 Å². The van der Waals surface area contributed by atoms with E-state index in [-0.39, 0.29) is 11.3 Å². The van der Waals surface area contributed by atoms with Crippen molar-refractivity contribution in [3.8, 4) is 5.75 Å². The number of allylic oxidation sites excluding steroid dienone is 1. The molecule has 0 amide bonds. The lowest BCUT2D eigenvalue weighted by Crippen LogP contribution is -2.13. The zero-order valence-electron chi connectivity index (χ0n) is 17.8. The number of hydrogen-bond donors (Lipinski definition) is 0. The van der Waals surface area contributed by atoms with Crippen LogP contribution < -0.4 is 10.3 Å². The molecule has 33 heavy (non-hydrogen) atoms. The van der Waals surface area contributed by atoms with E-state index in [1.165, 1.54) is 0 Å². The average Bonchev–Trinajstić information content (AvgIpc) is 3.26. The number of pyridine rings is 1. The van der Waals surface area contributed by atoms with Crippen molar-refractivity contribution in [1.82, 2.24) is 9.38 Å². The maximum atomic E-state index is 13.4. The maximum absolute atomic E-state index is 13.4. The highest BCUT2D eigenvalue weighted by Gasteiger charge is 2.18. The van der Waals surface area contributed by atoms with Crippen molar-refractivity contribution in [2.75, 3.05) is 7.11 Å². The summed E-state index contributed by atoms with van der Waals surface area (Å²) in [4.78, 5) is 31.3. The number of carbonyl (C=O) groups excluding carboxylic acids is 1. The molecule has 5 nitrogen and oxygen atoms in total. The Bertz CT molecular complexity index is 1780. The molecule has 0 bridgehead atoms. The van der Waals surface area contributed by atoms with Crippen molar-refractivity contribution in [2.24, 2.45) is 0 Å². The Morgan fingerprint density at radius 1 is 0.879 bits per heavy atom. The van der Waals surface area contributed by atoms with Crippen molar-refractivity contribution >= 4 is 50.1 Å². The highest BCUT2D eigenvalue weighted by molar-refractivity contribution is 6.23. The zero-order chi connectivity index (χ0) is 22.5. The molecule has 5 heteroatoms. The van der Waals surface area contributed by atoms with E-state index in [0.717, 1.165) is 38.5 Å². The number of nitrogens with zero attached hydrogens (tertiary/aromatic N) is 2. The first kappa shape index (κ1) is 19.2. The highest BCUT2D eigenvalue weighted by atomic mass is 16.5. The number of imidazole rings is 1. The molecular formula is C28H18N2O3. The summed E-state index contributed by atoms with van der Waals surface area (Å²) >= 11 is 0. The second-order valence-corrected chi connectivity index (χ2v) is 7.92. The summed E-state index contributed by atoms with van der Waals surface area (Å²) in [5, 5.41) is 2.95. The van der Waals surface area contributed by atoms with E-state index in [1.807, 2.05) is 66.7 Å². The molecule has 0 aliphatic rings. The second-order valence-electron chi connectivity index (χ2n) is 7.92. The number of benzene rings is 4. The third-order valence-electron chi connectivity index (χ3n) is 6.08. The summed E-state index contributed by atoms with van der Waals surface area (Å²) in [5.74, 6) is 0.638. The lowest BCUT2D eigenvalue weighted by molar-refractivity contribution is 0.104. The van der Waals surface area contributed by atoms with Crippen molar-refractivity contribution in [1.29, 1.82) is 0 Å². The van der Waals surface area contributed by atoms with Gasteiger partial charge in [0.2, 0.25) is 0 Å². The van der Waals surface area contributed by atoms with Crippen molar-refractivity contribution in [3.63, 3.8) is 0 Å². The molecule has 0 N–H and O–H groups in total. The molecule has 0 aliphatic heterocycles. The Labute approximate surface area is 188 Å². The van der Waals surface area contributed by atoms with Crippen LogP contribution in [0, 0.1) is 0 Å². The van der Waals surface area contributed by atoms with Crippen LogP contribution in [0.5, 0.6) is 5.75 Å². The lowest BCUT2D eigenvalue weighted by Gasteiger charge is -2.10. The average molecular weight is 430 g/mol. The third kappa shape index (κ3) is 2.90. The fraction of sp³-hybridized carbons (Fsp3) is 0.0357. The minimum atomic E-state index is -0.129. The molecule has 0 atom stereocenters.